The highest BCUT2D eigenvalue weighted by Crippen LogP contribution is 2.32. The van der Waals surface area contributed by atoms with Crippen molar-refractivity contribution in [2.45, 2.75) is 57.7 Å². The van der Waals surface area contributed by atoms with Gasteiger partial charge >= 0.3 is 0 Å². The first-order chi connectivity index (χ1) is 9.56. The van der Waals surface area contributed by atoms with E-state index in [4.69, 9.17) is 0 Å². The monoisotopic (exact) mass is 279 g/mol. The van der Waals surface area contributed by atoms with Gasteiger partial charge in [0.05, 0.1) is 6.54 Å². The summed E-state index contributed by atoms with van der Waals surface area (Å²) in [5.74, 6) is 0.555. The molecular formula is C15H25N3O2. The van der Waals surface area contributed by atoms with Crippen LogP contribution in [-0.4, -0.2) is 59.4 Å². The summed E-state index contributed by atoms with van der Waals surface area (Å²) in [6, 6.07) is 0.432. The standard InChI is InChI=1S/C15H25N3O2/c1-10(2)8-11-15(20)18(9-14(19)16-11)13-5-7-17-6-3-4-12(13)17/h10-13H,3-9H2,1-2H3,(H,16,19). The molecule has 3 fully saturated rings. The Morgan fingerprint density at radius 2 is 2.00 bits per heavy atom. The maximum atomic E-state index is 12.7. The predicted octanol–water partition coefficient (Wildman–Crippen LogP) is 0.596. The van der Waals surface area contributed by atoms with Crippen LogP contribution in [0.2, 0.25) is 0 Å². The first kappa shape index (κ1) is 13.9. The molecule has 3 unspecified atom stereocenters. The zero-order valence-electron chi connectivity index (χ0n) is 12.5. The third kappa shape index (κ3) is 2.43. The molecule has 3 aliphatic rings. The van der Waals surface area contributed by atoms with Crippen LogP contribution in [0.3, 0.4) is 0 Å². The summed E-state index contributed by atoms with van der Waals surface area (Å²) in [5, 5.41) is 2.87. The number of amides is 2. The van der Waals surface area contributed by atoms with Gasteiger partial charge in [-0.15, -0.1) is 0 Å². The van der Waals surface area contributed by atoms with Crippen molar-refractivity contribution in [3.8, 4) is 0 Å². The first-order valence-electron chi connectivity index (χ1n) is 7.90. The first-order valence-corrected chi connectivity index (χ1v) is 7.90. The number of hydrogen-bond donors (Lipinski definition) is 1. The summed E-state index contributed by atoms with van der Waals surface area (Å²) in [7, 11) is 0. The molecule has 2 amide bonds. The molecule has 0 saturated carbocycles. The molecule has 3 aliphatic heterocycles. The van der Waals surface area contributed by atoms with Gasteiger partial charge in [-0.1, -0.05) is 13.8 Å². The van der Waals surface area contributed by atoms with Crippen LogP contribution in [0, 0.1) is 5.92 Å². The fourth-order valence-electron chi connectivity index (χ4n) is 4.07. The van der Waals surface area contributed by atoms with Gasteiger partial charge in [-0.25, -0.2) is 0 Å². The molecule has 3 heterocycles. The summed E-state index contributed by atoms with van der Waals surface area (Å²) in [5.41, 5.74) is 0. The van der Waals surface area contributed by atoms with Gasteiger partial charge in [-0.05, 0) is 38.1 Å². The second kappa shape index (κ2) is 5.35. The average Bonchev–Trinajstić information content (AvgIpc) is 2.95. The summed E-state index contributed by atoms with van der Waals surface area (Å²) >= 11 is 0. The van der Waals surface area contributed by atoms with E-state index in [0.29, 0.717) is 12.0 Å². The molecule has 0 spiro atoms. The van der Waals surface area contributed by atoms with Crippen LogP contribution < -0.4 is 5.32 Å². The lowest BCUT2D eigenvalue weighted by molar-refractivity contribution is -0.147. The van der Waals surface area contributed by atoms with Gasteiger partial charge in [0.15, 0.2) is 0 Å². The van der Waals surface area contributed by atoms with Crippen LogP contribution in [0.1, 0.15) is 39.5 Å². The highest BCUT2D eigenvalue weighted by atomic mass is 16.2. The fourth-order valence-corrected chi connectivity index (χ4v) is 4.07. The zero-order valence-corrected chi connectivity index (χ0v) is 12.5. The van der Waals surface area contributed by atoms with E-state index in [-0.39, 0.29) is 30.4 Å². The third-order valence-corrected chi connectivity index (χ3v) is 4.91. The Morgan fingerprint density at radius 3 is 2.75 bits per heavy atom. The van der Waals surface area contributed by atoms with Gasteiger partial charge in [-0.3, -0.25) is 14.5 Å². The van der Waals surface area contributed by atoms with E-state index in [9.17, 15) is 9.59 Å². The van der Waals surface area contributed by atoms with Crippen molar-refractivity contribution in [1.29, 1.82) is 0 Å². The van der Waals surface area contributed by atoms with E-state index in [2.05, 4.69) is 24.1 Å². The minimum atomic E-state index is -0.313. The lowest BCUT2D eigenvalue weighted by atomic mass is 9.97. The minimum absolute atomic E-state index is 0.00620. The van der Waals surface area contributed by atoms with Crippen molar-refractivity contribution in [3.63, 3.8) is 0 Å². The molecule has 0 aromatic rings. The molecule has 0 aromatic heterocycles. The van der Waals surface area contributed by atoms with Crippen LogP contribution in [0.5, 0.6) is 0 Å². The van der Waals surface area contributed by atoms with Crippen LogP contribution in [-0.2, 0) is 9.59 Å². The topological polar surface area (TPSA) is 52.7 Å². The largest absolute Gasteiger partial charge is 0.343 e. The van der Waals surface area contributed by atoms with E-state index < -0.39 is 0 Å². The number of piperazine rings is 1. The van der Waals surface area contributed by atoms with Gasteiger partial charge < -0.3 is 10.2 Å². The Morgan fingerprint density at radius 1 is 1.20 bits per heavy atom. The van der Waals surface area contributed by atoms with Gasteiger partial charge in [0.2, 0.25) is 11.8 Å². The summed E-state index contributed by atoms with van der Waals surface area (Å²) in [4.78, 5) is 29.0. The van der Waals surface area contributed by atoms with Crippen LogP contribution in [0.25, 0.3) is 0 Å². The lowest BCUT2D eigenvalue weighted by Gasteiger charge is -2.39. The zero-order chi connectivity index (χ0) is 14.3. The molecule has 3 saturated heterocycles. The number of carbonyl (C=O) groups excluding carboxylic acids is 2. The Balaban J connectivity index is 1.74. The smallest absolute Gasteiger partial charge is 0.245 e. The van der Waals surface area contributed by atoms with Crippen molar-refractivity contribution in [1.82, 2.24) is 15.1 Å². The molecule has 5 nitrogen and oxygen atoms in total. The maximum absolute atomic E-state index is 12.7. The predicted molar refractivity (Wildman–Crippen MR) is 76.1 cm³/mol. The van der Waals surface area contributed by atoms with Gasteiger partial charge in [-0.2, -0.15) is 0 Å². The molecule has 1 N–H and O–H groups in total. The molecule has 20 heavy (non-hydrogen) atoms. The Hall–Kier alpha value is -1.10. The van der Waals surface area contributed by atoms with Crippen LogP contribution in [0.4, 0.5) is 0 Å². The number of nitrogens with zero attached hydrogens (tertiary/aromatic N) is 2. The number of hydrogen-bond acceptors (Lipinski definition) is 3. The van der Waals surface area contributed by atoms with Crippen molar-refractivity contribution in [2.24, 2.45) is 5.92 Å². The molecule has 0 bridgehead atoms. The molecule has 3 rings (SSSR count). The average molecular weight is 279 g/mol. The molecule has 3 atom stereocenters. The van der Waals surface area contributed by atoms with Crippen molar-refractivity contribution in [3.05, 3.63) is 0 Å². The third-order valence-electron chi connectivity index (χ3n) is 4.91. The fraction of sp³-hybridized carbons (Fsp3) is 0.867. The van der Waals surface area contributed by atoms with E-state index in [1.165, 1.54) is 12.8 Å². The number of nitrogens with one attached hydrogen (secondary N) is 1. The van der Waals surface area contributed by atoms with E-state index in [1.54, 1.807) is 0 Å². The molecular weight excluding hydrogens is 254 g/mol. The summed E-state index contributed by atoms with van der Waals surface area (Å²) < 4.78 is 0. The second-order valence-corrected chi connectivity index (χ2v) is 6.82. The number of rotatable bonds is 3. The Bertz CT molecular complexity index is 410. The summed E-state index contributed by atoms with van der Waals surface area (Å²) in [6.07, 6.45) is 4.16. The number of carbonyl (C=O) groups is 2. The highest BCUT2D eigenvalue weighted by Gasteiger charge is 2.45. The second-order valence-electron chi connectivity index (χ2n) is 6.82. The van der Waals surface area contributed by atoms with Crippen molar-refractivity contribution < 1.29 is 9.59 Å². The minimum Gasteiger partial charge on any atom is -0.343 e. The Labute approximate surface area is 120 Å². The molecule has 0 aromatic carbocycles. The molecule has 5 heteroatoms. The summed E-state index contributed by atoms with van der Waals surface area (Å²) in [6.45, 7) is 6.67. The Kier molecular flexibility index (Phi) is 3.71. The van der Waals surface area contributed by atoms with E-state index in [1.807, 2.05) is 4.90 Å². The van der Waals surface area contributed by atoms with Gasteiger partial charge in [0.1, 0.15) is 6.04 Å². The van der Waals surface area contributed by atoms with Crippen molar-refractivity contribution >= 4 is 11.8 Å². The van der Waals surface area contributed by atoms with Crippen LogP contribution in [0.15, 0.2) is 0 Å². The van der Waals surface area contributed by atoms with Gasteiger partial charge in [0.25, 0.3) is 0 Å². The molecule has 112 valence electrons. The normalized spacial score (nSPS) is 34.8. The van der Waals surface area contributed by atoms with Crippen LogP contribution >= 0.6 is 0 Å². The maximum Gasteiger partial charge on any atom is 0.245 e. The van der Waals surface area contributed by atoms with Gasteiger partial charge in [0, 0.05) is 18.6 Å². The number of fused-ring (bicyclic) bond motifs is 1. The quantitative estimate of drug-likeness (QED) is 0.823. The lowest BCUT2D eigenvalue weighted by Crippen LogP contribution is -2.62. The van der Waals surface area contributed by atoms with Crippen molar-refractivity contribution in [2.75, 3.05) is 19.6 Å². The highest BCUT2D eigenvalue weighted by molar-refractivity contribution is 5.95. The SMILES string of the molecule is CC(C)CC1NC(=O)CN(C2CCN3CCCC23)C1=O. The molecule has 0 radical (unpaired) electrons. The van der Waals surface area contributed by atoms with E-state index >= 15 is 0 Å². The van der Waals surface area contributed by atoms with E-state index in [0.717, 1.165) is 25.9 Å². The molecule has 0 aliphatic carbocycles.